The number of carbonyl (C=O) groups excluding carboxylic acids is 4. The molecule has 4 amide bonds. The number of amides is 4. The summed E-state index contributed by atoms with van der Waals surface area (Å²) in [5.74, 6) is -2.65. The van der Waals surface area contributed by atoms with Gasteiger partial charge in [0.25, 0.3) is 11.8 Å². The number of nitrogens with one attached hydrogen (secondary N) is 1. The molecule has 0 unspecified atom stereocenters. The summed E-state index contributed by atoms with van der Waals surface area (Å²) in [6.45, 7) is 0. The fourth-order valence-electron chi connectivity index (χ4n) is 2.83. The van der Waals surface area contributed by atoms with Crippen molar-refractivity contribution in [2.45, 2.75) is 0 Å². The van der Waals surface area contributed by atoms with Crippen molar-refractivity contribution < 1.29 is 32.7 Å². The number of halogens is 1. The van der Waals surface area contributed by atoms with Crippen LogP contribution in [-0.4, -0.2) is 23.8 Å². The van der Waals surface area contributed by atoms with E-state index in [0.717, 1.165) is 17.0 Å². The average molecular weight is 420 g/mol. The standard InChI is InChI=1S/C22H13FN2O6/c23-14-5-7-15(8-6-14)25-20(27)17(19(26)24-22(25)29)12-13-3-9-16(10-4-13)31-21(28)18-2-1-11-30-18/h1-12H,(H,24,26,29). The monoisotopic (exact) mass is 420 g/mol. The smallest absolute Gasteiger partial charge is 0.379 e. The summed E-state index contributed by atoms with van der Waals surface area (Å²) >= 11 is 0. The SMILES string of the molecule is O=C1NC(=O)N(c2ccc(F)cc2)C(=O)C1=Cc1ccc(OC(=O)c2ccco2)cc1. The highest BCUT2D eigenvalue weighted by atomic mass is 19.1. The van der Waals surface area contributed by atoms with Crippen molar-refractivity contribution in [2.75, 3.05) is 4.90 Å². The van der Waals surface area contributed by atoms with Gasteiger partial charge in [-0.15, -0.1) is 0 Å². The van der Waals surface area contributed by atoms with Crippen molar-refractivity contribution >= 4 is 35.6 Å². The number of hydrogen-bond donors (Lipinski definition) is 1. The molecule has 31 heavy (non-hydrogen) atoms. The maximum absolute atomic E-state index is 13.2. The van der Waals surface area contributed by atoms with Crippen LogP contribution in [0, 0.1) is 5.82 Å². The van der Waals surface area contributed by atoms with E-state index in [0.29, 0.717) is 5.56 Å². The first-order chi connectivity index (χ1) is 14.9. The number of esters is 1. The summed E-state index contributed by atoms with van der Waals surface area (Å²) in [5.41, 5.74) is 0.274. The van der Waals surface area contributed by atoms with Gasteiger partial charge < -0.3 is 9.15 Å². The van der Waals surface area contributed by atoms with Crippen LogP contribution in [0.1, 0.15) is 16.1 Å². The van der Waals surface area contributed by atoms with E-state index in [9.17, 15) is 23.6 Å². The maximum Gasteiger partial charge on any atom is 0.379 e. The van der Waals surface area contributed by atoms with Crippen molar-refractivity contribution in [3.05, 3.63) is 89.6 Å². The highest BCUT2D eigenvalue weighted by molar-refractivity contribution is 6.39. The lowest BCUT2D eigenvalue weighted by molar-refractivity contribution is -0.122. The third-order valence-electron chi connectivity index (χ3n) is 4.31. The van der Waals surface area contributed by atoms with Gasteiger partial charge in [0.15, 0.2) is 0 Å². The first-order valence-corrected chi connectivity index (χ1v) is 8.95. The van der Waals surface area contributed by atoms with Gasteiger partial charge in [-0.05, 0) is 60.2 Å². The van der Waals surface area contributed by atoms with Crippen LogP contribution in [0.15, 0.2) is 76.9 Å². The Morgan fingerprint density at radius 3 is 2.35 bits per heavy atom. The second-order valence-electron chi connectivity index (χ2n) is 6.37. The van der Waals surface area contributed by atoms with E-state index in [1.54, 1.807) is 6.07 Å². The molecule has 0 radical (unpaired) electrons. The number of urea groups is 1. The van der Waals surface area contributed by atoms with E-state index in [2.05, 4.69) is 5.32 Å². The Morgan fingerprint density at radius 1 is 1.00 bits per heavy atom. The summed E-state index contributed by atoms with van der Waals surface area (Å²) < 4.78 is 23.3. The molecule has 4 rings (SSSR count). The molecule has 0 bridgehead atoms. The molecular formula is C22H13FN2O6. The molecule has 2 aromatic carbocycles. The number of anilines is 1. The molecule has 0 atom stereocenters. The lowest BCUT2D eigenvalue weighted by Gasteiger charge is -2.26. The van der Waals surface area contributed by atoms with Crippen molar-refractivity contribution in [1.29, 1.82) is 0 Å². The van der Waals surface area contributed by atoms with Crippen LogP contribution >= 0.6 is 0 Å². The Labute approximate surface area is 174 Å². The molecule has 8 nitrogen and oxygen atoms in total. The molecule has 1 N–H and O–H groups in total. The summed E-state index contributed by atoms with van der Waals surface area (Å²) in [6.07, 6.45) is 2.64. The lowest BCUT2D eigenvalue weighted by atomic mass is 10.1. The predicted octanol–water partition coefficient (Wildman–Crippen LogP) is 3.30. The van der Waals surface area contributed by atoms with Crippen LogP contribution in [0.5, 0.6) is 5.75 Å². The molecule has 3 aromatic rings. The van der Waals surface area contributed by atoms with E-state index in [4.69, 9.17) is 9.15 Å². The highest BCUT2D eigenvalue weighted by Gasteiger charge is 2.36. The third kappa shape index (κ3) is 4.10. The Balaban J connectivity index is 1.56. The zero-order valence-electron chi connectivity index (χ0n) is 15.7. The van der Waals surface area contributed by atoms with Gasteiger partial charge in [-0.25, -0.2) is 18.9 Å². The fourth-order valence-corrected chi connectivity index (χ4v) is 2.83. The number of furan rings is 1. The number of barbiturate groups is 1. The first-order valence-electron chi connectivity index (χ1n) is 8.95. The number of imide groups is 2. The van der Waals surface area contributed by atoms with Crippen LogP contribution in [-0.2, 0) is 9.59 Å². The lowest BCUT2D eigenvalue weighted by Crippen LogP contribution is -2.54. The van der Waals surface area contributed by atoms with Crippen molar-refractivity contribution in [3.63, 3.8) is 0 Å². The second kappa shape index (κ2) is 8.07. The zero-order valence-corrected chi connectivity index (χ0v) is 15.7. The third-order valence-corrected chi connectivity index (χ3v) is 4.31. The minimum atomic E-state index is -0.932. The Bertz CT molecular complexity index is 1200. The van der Waals surface area contributed by atoms with E-state index in [1.807, 2.05) is 0 Å². The van der Waals surface area contributed by atoms with Gasteiger partial charge in [-0.2, -0.15) is 0 Å². The quantitative estimate of drug-likeness (QED) is 0.300. The Hall–Kier alpha value is -4.53. The maximum atomic E-state index is 13.2. The summed E-state index contributed by atoms with van der Waals surface area (Å²) in [5, 5.41) is 2.08. The van der Waals surface area contributed by atoms with Gasteiger partial charge in [0.2, 0.25) is 5.76 Å². The molecule has 154 valence electrons. The van der Waals surface area contributed by atoms with Crippen molar-refractivity contribution in [2.24, 2.45) is 0 Å². The number of carbonyl (C=O) groups is 4. The number of rotatable bonds is 4. The van der Waals surface area contributed by atoms with Gasteiger partial charge >= 0.3 is 12.0 Å². The van der Waals surface area contributed by atoms with Gasteiger partial charge in [0, 0.05) is 0 Å². The minimum Gasteiger partial charge on any atom is -0.457 e. The summed E-state index contributed by atoms with van der Waals surface area (Å²) in [7, 11) is 0. The van der Waals surface area contributed by atoms with Crippen LogP contribution < -0.4 is 15.0 Å². The van der Waals surface area contributed by atoms with E-state index >= 15 is 0 Å². The zero-order chi connectivity index (χ0) is 22.0. The largest absolute Gasteiger partial charge is 0.457 e. The van der Waals surface area contributed by atoms with Crippen LogP contribution in [0.4, 0.5) is 14.9 Å². The Morgan fingerprint density at radius 2 is 1.71 bits per heavy atom. The molecule has 0 spiro atoms. The minimum absolute atomic E-state index is 0.0428. The molecule has 1 aliphatic rings. The van der Waals surface area contributed by atoms with E-state index in [1.165, 1.54) is 54.8 Å². The first kappa shape index (κ1) is 19.8. The second-order valence-corrected chi connectivity index (χ2v) is 6.37. The predicted molar refractivity (Wildman–Crippen MR) is 106 cm³/mol. The molecule has 9 heteroatoms. The van der Waals surface area contributed by atoms with Gasteiger partial charge in [-0.3, -0.25) is 14.9 Å². The summed E-state index contributed by atoms with van der Waals surface area (Å²) in [6, 6.07) is 12.8. The normalized spacial score (nSPS) is 15.2. The molecule has 1 fully saturated rings. The molecule has 1 aliphatic heterocycles. The molecule has 2 heterocycles. The van der Waals surface area contributed by atoms with Crippen LogP contribution in [0.2, 0.25) is 0 Å². The highest BCUT2D eigenvalue weighted by Crippen LogP contribution is 2.23. The summed E-state index contributed by atoms with van der Waals surface area (Å²) in [4.78, 5) is 49.8. The number of hydrogen-bond acceptors (Lipinski definition) is 6. The number of benzene rings is 2. The molecule has 0 saturated carbocycles. The number of nitrogens with zero attached hydrogens (tertiary/aromatic N) is 1. The van der Waals surface area contributed by atoms with E-state index in [-0.39, 0.29) is 22.8 Å². The molecule has 1 saturated heterocycles. The van der Waals surface area contributed by atoms with E-state index < -0.39 is 29.6 Å². The Kier molecular flexibility index (Phi) is 5.15. The molecule has 0 aliphatic carbocycles. The van der Waals surface area contributed by atoms with Gasteiger partial charge in [0.1, 0.15) is 17.1 Å². The fraction of sp³-hybridized carbons (Fsp3) is 0. The average Bonchev–Trinajstić information content (AvgIpc) is 3.29. The number of ether oxygens (including phenoxy) is 1. The molecule has 1 aromatic heterocycles. The van der Waals surface area contributed by atoms with Crippen LogP contribution in [0.25, 0.3) is 6.08 Å². The van der Waals surface area contributed by atoms with Gasteiger partial charge in [-0.1, -0.05) is 12.1 Å². The molecular weight excluding hydrogens is 407 g/mol. The topological polar surface area (TPSA) is 106 Å². The van der Waals surface area contributed by atoms with Crippen molar-refractivity contribution in [3.8, 4) is 5.75 Å². The van der Waals surface area contributed by atoms with Gasteiger partial charge in [0.05, 0.1) is 12.0 Å². The van der Waals surface area contributed by atoms with Crippen molar-refractivity contribution in [1.82, 2.24) is 5.32 Å². The van der Waals surface area contributed by atoms with Crippen LogP contribution in [0.3, 0.4) is 0 Å².